The Balaban J connectivity index is 1.49. The van der Waals surface area contributed by atoms with E-state index >= 15 is 0 Å². The highest BCUT2D eigenvalue weighted by atomic mass is 32.2. The molecule has 8 heteroatoms. The minimum absolute atomic E-state index is 0.118. The molecule has 0 fully saturated rings. The highest BCUT2D eigenvalue weighted by molar-refractivity contribution is 8.14. The molecule has 1 heterocycles. The van der Waals surface area contributed by atoms with Crippen molar-refractivity contribution in [2.24, 2.45) is 10.1 Å². The maximum atomic E-state index is 12.0. The van der Waals surface area contributed by atoms with Crippen LogP contribution in [0.3, 0.4) is 0 Å². The zero-order valence-electron chi connectivity index (χ0n) is 16.6. The lowest BCUT2D eigenvalue weighted by Crippen LogP contribution is -2.26. The predicted octanol–water partition coefficient (Wildman–Crippen LogP) is 3.55. The van der Waals surface area contributed by atoms with Crippen molar-refractivity contribution in [3.05, 3.63) is 54.1 Å². The maximum absolute atomic E-state index is 12.0. The number of ether oxygens (including phenoxy) is 1. The molecule has 0 spiro atoms. The van der Waals surface area contributed by atoms with Gasteiger partial charge in [0.1, 0.15) is 5.75 Å². The Labute approximate surface area is 175 Å². The monoisotopic (exact) mass is 411 g/mol. The molecule has 3 rings (SSSR count). The first-order valence-corrected chi connectivity index (χ1v) is 10.4. The van der Waals surface area contributed by atoms with Gasteiger partial charge in [0.05, 0.1) is 19.4 Å². The summed E-state index contributed by atoms with van der Waals surface area (Å²) >= 11 is 1.74. The number of hydrogen-bond donors (Lipinski definition) is 3. The van der Waals surface area contributed by atoms with Crippen LogP contribution in [0.15, 0.2) is 58.6 Å². The standard InChI is InChI=1S/C21H25N5O2S/c1-15(16-7-9-17(10-8-16)24-21-22-11-4-12-29-21)25-26-20(27)14-23-18-5-3-6-19(13-18)28-2/h3,5-10,13,23H,4,11-12,14H2,1-2H3,(H,22,24)(H,26,27)/b25-15-. The molecule has 29 heavy (non-hydrogen) atoms. The molecular formula is C21H25N5O2S. The summed E-state index contributed by atoms with van der Waals surface area (Å²) in [5.74, 6) is 1.61. The van der Waals surface area contributed by atoms with E-state index in [1.807, 2.05) is 55.5 Å². The van der Waals surface area contributed by atoms with E-state index in [2.05, 4.69) is 26.2 Å². The molecule has 0 bridgehead atoms. The van der Waals surface area contributed by atoms with Gasteiger partial charge in [0, 0.05) is 29.7 Å². The first-order valence-electron chi connectivity index (χ1n) is 9.40. The van der Waals surface area contributed by atoms with Gasteiger partial charge in [-0.2, -0.15) is 5.10 Å². The molecule has 0 aromatic heterocycles. The third-order valence-electron chi connectivity index (χ3n) is 4.22. The fourth-order valence-corrected chi connectivity index (χ4v) is 3.46. The number of benzene rings is 2. The molecule has 152 valence electrons. The van der Waals surface area contributed by atoms with Gasteiger partial charge >= 0.3 is 0 Å². The molecule has 1 amide bonds. The highest BCUT2D eigenvalue weighted by Crippen LogP contribution is 2.17. The van der Waals surface area contributed by atoms with Crippen LogP contribution in [0.25, 0.3) is 0 Å². The molecule has 0 saturated heterocycles. The summed E-state index contributed by atoms with van der Waals surface area (Å²) < 4.78 is 5.17. The maximum Gasteiger partial charge on any atom is 0.259 e. The number of hydrogen-bond acceptors (Lipinski definition) is 7. The molecule has 7 nitrogen and oxygen atoms in total. The Morgan fingerprint density at radius 1 is 1.21 bits per heavy atom. The molecule has 0 unspecified atom stereocenters. The van der Waals surface area contributed by atoms with Crippen molar-refractivity contribution in [2.75, 3.05) is 36.6 Å². The predicted molar refractivity (Wildman–Crippen MR) is 121 cm³/mol. The SMILES string of the molecule is COc1cccc(NCC(=O)N/N=C(/C)c2ccc(NC3=NCCCS3)cc2)c1. The number of nitrogens with one attached hydrogen (secondary N) is 3. The van der Waals surface area contributed by atoms with Crippen molar-refractivity contribution in [2.45, 2.75) is 13.3 Å². The number of hydrazone groups is 1. The van der Waals surface area contributed by atoms with E-state index in [0.29, 0.717) is 0 Å². The largest absolute Gasteiger partial charge is 0.497 e. The Morgan fingerprint density at radius 2 is 2.03 bits per heavy atom. The fourth-order valence-electron chi connectivity index (χ4n) is 2.62. The second-order valence-electron chi connectivity index (χ2n) is 6.41. The van der Waals surface area contributed by atoms with E-state index in [1.165, 1.54) is 0 Å². The van der Waals surface area contributed by atoms with Gasteiger partial charge in [-0.3, -0.25) is 9.79 Å². The topological polar surface area (TPSA) is 87.1 Å². The molecule has 2 aromatic carbocycles. The molecule has 2 aromatic rings. The molecule has 0 aliphatic carbocycles. The summed E-state index contributed by atoms with van der Waals surface area (Å²) in [6, 6.07) is 15.3. The minimum Gasteiger partial charge on any atom is -0.497 e. The van der Waals surface area contributed by atoms with Crippen LogP contribution in [0.5, 0.6) is 5.75 Å². The number of amides is 1. The lowest BCUT2D eigenvalue weighted by Gasteiger charge is -2.13. The third kappa shape index (κ3) is 6.53. The van der Waals surface area contributed by atoms with Crippen LogP contribution in [-0.4, -0.2) is 42.7 Å². The van der Waals surface area contributed by atoms with Gasteiger partial charge in [0.15, 0.2) is 5.17 Å². The molecular weight excluding hydrogens is 386 g/mol. The summed E-state index contributed by atoms with van der Waals surface area (Å²) in [5, 5.41) is 11.5. The lowest BCUT2D eigenvalue weighted by molar-refractivity contribution is -0.119. The van der Waals surface area contributed by atoms with Gasteiger partial charge < -0.3 is 15.4 Å². The lowest BCUT2D eigenvalue weighted by atomic mass is 10.1. The number of aliphatic imine (C=N–C) groups is 1. The first kappa shape index (κ1) is 20.7. The number of carbonyl (C=O) groups excluding carboxylic acids is 1. The summed E-state index contributed by atoms with van der Waals surface area (Å²) in [6.45, 7) is 2.86. The third-order valence-corrected chi connectivity index (χ3v) is 5.22. The summed E-state index contributed by atoms with van der Waals surface area (Å²) in [6.07, 6.45) is 1.13. The number of methoxy groups -OCH3 is 1. The molecule has 1 aliphatic rings. The van der Waals surface area contributed by atoms with Crippen molar-refractivity contribution >= 4 is 39.9 Å². The molecule has 0 atom stereocenters. The molecule has 1 aliphatic heterocycles. The van der Waals surface area contributed by atoms with Gasteiger partial charge in [-0.25, -0.2) is 5.43 Å². The van der Waals surface area contributed by atoms with E-state index in [9.17, 15) is 4.79 Å². The van der Waals surface area contributed by atoms with Crippen LogP contribution >= 0.6 is 11.8 Å². The number of rotatable bonds is 7. The molecule has 0 saturated carbocycles. The van der Waals surface area contributed by atoms with Crippen molar-refractivity contribution in [3.63, 3.8) is 0 Å². The number of carbonyl (C=O) groups is 1. The van der Waals surface area contributed by atoms with Gasteiger partial charge in [0.25, 0.3) is 5.91 Å². The zero-order valence-corrected chi connectivity index (χ0v) is 17.4. The average molecular weight is 412 g/mol. The second-order valence-corrected chi connectivity index (χ2v) is 7.49. The fraction of sp³-hybridized carbons (Fsp3) is 0.286. The van der Waals surface area contributed by atoms with Gasteiger partial charge in [0.2, 0.25) is 0 Å². The van der Waals surface area contributed by atoms with Crippen LogP contribution in [0, 0.1) is 0 Å². The zero-order chi connectivity index (χ0) is 20.5. The van der Waals surface area contributed by atoms with Gasteiger partial charge in [-0.15, -0.1) is 0 Å². The van der Waals surface area contributed by atoms with E-state index in [4.69, 9.17) is 4.74 Å². The van der Waals surface area contributed by atoms with E-state index in [1.54, 1.807) is 18.9 Å². The second kappa shape index (κ2) is 10.5. The summed E-state index contributed by atoms with van der Waals surface area (Å²) in [7, 11) is 1.61. The summed E-state index contributed by atoms with van der Waals surface area (Å²) in [4.78, 5) is 16.5. The van der Waals surface area contributed by atoms with Crippen molar-refractivity contribution in [1.29, 1.82) is 0 Å². The first-order chi connectivity index (χ1) is 14.1. The van der Waals surface area contributed by atoms with Gasteiger partial charge in [-0.1, -0.05) is 30.0 Å². The van der Waals surface area contributed by atoms with Crippen molar-refractivity contribution < 1.29 is 9.53 Å². The Bertz CT molecular complexity index is 896. The molecule has 0 radical (unpaired) electrons. The number of amidine groups is 1. The summed E-state index contributed by atoms with van der Waals surface area (Å²) in [5.41, 5.74) is 6.05. The Hall–Kier alpha value is -3.00. The Kier molecular flexibility index (Phi) is 7.52. The van der Waals surface area contributed by atoms with Crippen LogP contribution in [0.4, 0.5) is 11.4 Å². The number of anilines is 2. The van der Waals surface area contributed by atoms with Crippen LogP contribution < -0.4 is 20.8 Å². The minimum atomic E-state index is -0.224. The Morgan fingerprint density at radius 3 is 2.76 bits per heavy atom. The molecule has 3 N–H and O–H groups in total. The average Bonchev–Trinajstić information content (AvgIpc) is 2.77. The van der Waals surface area contributed by atoms with Crippen molar-refractivity contribution in [1.82, 2.24) is 5.43 Å². The van der Waals surface area contributed by atoms with E-state index in [0.717, 1.165) is 52.3 Å². The quantitative estimate of drug-likeness (QED) is 0.479. The normalized spacial score (nSPS) is 14.0. The number of nitrogens with zero attached hydrogens (tertiary/aromatic N) is 2. The smallest absolute Gasteiger partial charge is 0.259 e. The van der Waals surface area contributed by atoms with Crippen LogP contribution in [0.2, 0.25) is 0 Å². The van der Waals surface area contributed by atoms with E-state index < -0.39 is 0 Å². The number of thioether (sulfide) groups is 1. The van der Waals surface area contributed by atoms with Crippen LogP contribution in [0.1, 0.15) is 18.9 Å². The van der Waals surface area contributed by atoms with Crippen LogP contribution in [-0.2, 0) is 4.79 Å². The highest BCUT2D eigenvalue weighted by Gasteiger charge is 2.07. The van der Waals surface area contributed by atoms with E-state index in [-0.39, 0.29) is 12.5 Å². The van der Waals surface area contributed by atoms with Gasteiger partial charge in [-0.05, 0) is 43.2 Å². The van der Waals surface area contributed by atoms with Crippen molar-refractivity contribution in [3.8, 4) is 5.75 Å².